The molecular weight excluding hydrogens is 284 g/mol. The molecule has 0 spiro atoms. The van der Waals surface area contributed by atoms with Gasteiger partial charge in [0.2, 0.25) is 0 Å². The van der Waals surface area contributed by atoms with Gasteiger partial charge in [-0.25, -0.2) is 0 Å². The van der Waals surface area contributed by atoms with Crippen molar-refractivity contribution >= 4 is 30.2 Å². The van der Waals surface area contributed by atoms with Crippen molar-refractivity contribution in [3.05, 3.63) is 34.7 Å². The van der Waals surface area contributed by atoms with Crippen LogP contribution in [0, 0.1) is 5.92 Å². The Kier molecular flexibility index (Phi) is 7.60. The van der Waals surface area contributed by atoms with Crippen molar-refractivity contribution in [1.29, 1.82) is 0 Å². The van der Waals surface area contributed by atoms with Crippen LogP contribution in [-0.4, -0.2) is 6.61 Å². The summed E-state index contributed by atoms with van der Waals surface area (Å²) in [5.74, 6) is 2.08. The van der Waals surface area contributed by atoms with Gasteiger partial charge in [0.25, 0.3) is 0 Å². The normalized spacial score (nSPS) is 13.7. The molecule has 1 aromatic carbocycles. The largest absolute Gasteiger partial charge is 0.493 e. The van der Waals surface area contributed by atoms with Crippen LogP contribution in [0.25, 0.3) is 4.91 Å². The third-order valence-corrected chi connectivity index (χ3v) is 4.37. The minimum absolute atomic E-state index is 0.541. The molecule has 3 heteroatoms. The molecule has 0 radical (unpaired) electrons. The number of hydrogen-bond donors (Lipinski definition) is 2. The maximum absolute atomic E-state index is 5.92. The first kappa shape index (κ1) is 17.5. The molecule has 0 saturated carbocycles. The van der Waals surface area contributed by atoms with Crippen LogP contribution in [0.3, 0.4) is 0 Å². The zero-order valence-electron chi connectivity index (χ0n) is 12.9. The Morgan fingerprint density at radius 2 is 2.00 bits per heavy atom. The second-order valence-electron chi connectivity index (χ2n) is 5.61. The third-order valence-electron chi connectivity index (χ3n) is 3.54. The van der Waals surface area contributed by atoms with Crippen molar-refractivity contribution in [2.45, 2.75) is 46.5 Å². The predicted molar refractivity (Wildman–Crippen MR) is 96.0 cm³/mol. The van der Waals surface area contributed by atoms with E-state index in [0.29, 0.717) is 11.8 Å². The Bertz CT molecular complexity index is 452. The van der Waals surface area contributed by atoms with Crippen molar-refractivity contribution in [3.63, 3.8) is 0 Å². The van der Waals surface area contributed by atoms with E-state index in [1.54, 1.807) is 5.41 Å². The summed E-state index contributed by atoms with van der Waals surface area (Å²) in [5.41, 5.74) is 2.35. The summed E-state index contributed by atoms with van der Waals surface area (Å²) in [6.07, 6.45) is 2.18. The van der Waals surface area contributed by atoms with Crippen LogP contribution in [0.15, 0.2) is 23.6 Å². The summed E-state index contributed by atoms with van der Waals surface area (Å²) in [6.45, 7) is 9.58. The number of thiol groups is 2. The zero-order chi connectivity index (χ0) is 15.1. The third kappa shape index (κ3) is 5.10. The van der Waals surface area contributed by atoms with Gasteiger partial charge >= 0.3 is 0 Å². The van der Waals surface area contributed by atoms with Gasteiger partial charge in [-0.05, 0) is 47.8 Å². The van der Waals surface area contributed by atoms with Crippen LogP contribution < -0.4 is 4.74 Å². The Hall–Kier alpha value is -0.540. The first-order valence-electron chi connectivity index (χ1n) is 7.30. The molecule has 0 aromatic heterocycles. The fraction of sp³-hybridized carbons (Fsp3) is 0.529. The molecule has 0 fully saturated rings. The highest BCUT2D eigenvalue weighted by Gasteiger charge is 2.11. The molecule has 0 saturated heterocycles. The molecule has 1 rings (SSSR count). The lowest BCUT2D eigenvalue weighted by molar-refractivity contribution is 0.289. The lowest BCUT2D eigenvalue weighted by Gasteiger charge is -2.16. The van der Waals surface area contributed by atoms with Gasteiger partial charge in [0, 0.05) is 10.5 Å². The van der Waals surface area contributed by atoms with Gasteiger partial charge in [0.05, 0.1) is 6.61 Å². The number of benzene rings is 1. The predicted octanol–water partition coefficient (Wildman–Crippen LogP) is 5.78. The molecular formula is C17H26OS2. The first-order valence-corrected chi connectivity index (χ1v) is 8.26. The van der Waals surface area contributed by atoms with E-state index in [-0.39, 0.29) is 0 Å². The molecule has 112 valence electrons. The van der Waals surface area contributed by atoms with E-state index >= 15 is 0 Å². The highest BCUT2D eigenvalue weighted by molar-refractivity contribution is 7.92. The Labute approximate surface area is 134 Å². The van der Waals surface area contributed by atoms with E-state index < -0.39 is 0 Å². The summed E-state index contributed by atoms with van der Waals surface area (Å²) in [4.78, 5) is 0.845. The molecule has 0 N–H and O–H groups in total. The summed E-state index contributed by atoms with van der Waals surface area (Å²) in [7, 11) is 0. The molecule has 1 atom stereocenters. The van der Waals surface area contributed by atoms with Gasteiger partial charge in [-0.1, -0.05) is 33.8 Å². The second kappa shape index (κ2) is 8.68. The van der Waals surface area contributed by atoms with E-state index in [4.69, 9.17) is 4.74 Å². The van der Waals surface area contributed by atoms with Crippen molar-refractivity contribution < 1.29 is 4.74 Å². The van der Waals surface area contributed by atoms with Crippen molar-refractivity contribution in [2.75, 3.05) is 6.61 Å². The molecule has 1 nitrogen and oxygen atoms in total. The van der Waals surface area contributed by atoms with Crippen LogP contribution in [0.4, 0.5) is 0 Å². The molecule has 1 aromatic rings. The highest BCUT2D eigenvalue weighted by Crippen LogP contribution is 2.33. The quantitative estimate of drug-likeness (QED) is 0.607. The number of rotatable bonds is 7. The highest BCUT2D eigenvalue weighted by atomic mass is 32.1. The van der Waals surface area contributed by atoms with Crippen molar-refractivity contribution in [3.8, 4) is 5.75 Å². The fourth-order valence-corrected chi connectivity index (χ4v) is 2.20. The van der Waals surface area contributed by atoms with E-state index in [2.05, 4.69) is 71.2 Å². The fourth-order valence-electron chi connectivity index (χ4n) is 1.89. The average molecular weight is 311 g/mol. The standard InChI is InChI=1S/C17H26OS2/c1-5-13(4)14-6-7-16(18-9-8-12(2)3)15(10-14)17(20)11-19/h6-7,10-13,19-20H,5,8-9H2,1-4H3. The van der Waals surface area contributed by atoms with Gasteiger partial charge in [-0.3, -0.25) is 0 Å². The zero-order valence-corrected chi connectivity index (χ0v) is 14.7. The molecule has 1 unspecified atom stereocenters. The smallest absolute Gasteiger partial charge is 0.127 e. The maximum atomic E-state index is 5.92. The van der Waals surface area contributed by atoms with Crippen LogP contribution in [0.2, 0.25) is 0 Å². The minimum Gasteiger partial charge on any atom is -0.493 e. The van der Waals surface area contributed by atoms with E-state index in [0.717, 1.165) is 35.7 Å². The first-order chi connectivity index (χ1) is 9.49. The average Bonchev–Trinajstić information content (AvgIpc) is 2.45. The van der Waals surface area contributed by atoms with E-state index in [1.807, 2.05) is 0 Å². The summed E-state index contributed by atoms with van der Waals surface area (Å²) < 4.78 is 5.92. The molecule has 0 amide bonds. The summed E-state index contributed by atoms with van der Waals surface area (Å²) in [5, 5.41) is 1.72. The van der Waals surface area contributed by atoms with E-state index in [1.165, 1.54) is 5.56 Å². The van der Waals surface area contributed by atoms with Gasteiger partial charge in [0.1, 0.15) is 5.75 Å². The van der Waals surface area contributed by atoms with Crippen LogP contribution >= 0.6 is 25.3 Å². The molecule has 0 bridgehead atoms. The second-order valence-corrected chi connectivity index (χ2v) is 6.35. The Morgan fingerprint density at radius 3 is 2.55 bits per heavy atom. The summed E-state index contributed by atoms with van der Waals surface area (Å²) >= 11 is 8.71. The SMILES string of the molecule is CCC(C)c1ccc(OCCC(C)C)c(C(S)=CS)c1. The molecule has 0 heterocycles. The Morgan fingerprint density at radius 1 is 1.30 bits per heavy atom. The topological polar surface area (TPSA) is 9.23 Å². The van der Waals surface area contributed by atoms with Gasteiger partial charge < -0.3 is 4.74 Å². The summed E-state index contributed by atoms with van der Waals surface area (Å²) in [6, 6.07) is 6.39. The van der Waals surface area contributed by atoms with Gasteiger partial charge in [0.15, 0.2) is 0 Å². The van der Waals surface area contributed by atoms with Crippen LogP contribution in [0.5, 0.6) is 5.75 Å². The van der Waals surface area contributed by atoms with E-state index in [9.17, 15) is 0 Å². The molecule has 20 heavy (non-hydrogen) atoms. The minimum atomic E-state index is 0.541. The Balaban J connectivity index is 2.98. The van der Waals surface area contributed by atoms with Gasteiger partial charge in [-0.15, -0.1) is 12.6 Å². The van der Waals surface area contributed by atoms with Gasteiger partial charge in [-0.2, -0.15) is 12.6 Å². The molecule has 0 aliphatic carbocycles. The lowest BCUT2D eigenvalue weighted by Crippen LogP contribution is -2.03. The van der Waals surface area contributed by atoms with Crippen molar-refractivity contribution in [2.24, 2.45) is 5.92 Å². The monoisotopic (exact) mass is 310 g/mol. The lowest BCUT2D eigenvalue weighted by atomic mass is 9.96. The maximum Gasteiger partial charge on any atom is 0.127 e. The van der Waals surface area contributed by atoms with Crippen molar-refractivity contribution in [1.82, 2.24) is 0 Å². The van der Waals surface area contributed by atoms with Crippen LogP contribution in [0.1, 0.15) is 57.6 Å². The molecule has 0 aliphatic rings. The van der Waals surface area contributed by atoms with Crippen LogP contribution in [-0.2, 0) is 0 Å². The number of hydrogen-bond acceptors (Lipinski definition) is 3. The number of ether oxygens (including phenoxy) is 1. The molecule has 0 aliphatic heterocycles.